The van der Waals surface area contributed by atoms with Crippen molar-refractivity contribution in [3.8, 4) is 0 Å². The molecule has 0 saturated carbocycles. The monoisotopic (exact) mass is 321 g/mol. The van der Waals surface area contributed by atoms with Crippen molar-refractivity contribution < 1.29 is 4.79 Å². The fourth-order valence-corrected chi connectivity index (χ4v) is 3.19. The van der Waals surface area contributed by atoms with Crippen LogP contribution in [-0.4, -0.2) is 20.8 Å². The third kappa shape index (κ3) is 3.65. The number of hydrogen-bond acceptors (Lipinski definition) is 4. The van der Waals surface area contributed by atoms with Gasteiger partial charge < -0.3 is 10.6 Å². The molecule has 0 spiro atoms. The lowest BCUT2D eigenvalue weighted by molar-refractivity contribution is 0.236. The van der Waals surface area contributed by atoms with E-state index in [4.69, 9.17) is 0 Å². The highest BCUT2D eigenvalue weighted by Crippen LogP contribution is 2.18. The normalized spacial score (nSPS) is 12.2. The number of amides is 2. The number of carbonyl (C=O) groups is 1. The van der Waals surface area contributed by atoms with Crippen LogP contribution >= 0.6 is 11.3 Å². The Morgan fingerprint density at radius 2 is 2.18 bits per heavy atom. The van der Waals surface area contributed by atoms with Crippen LogP contribution in [0, 0.1) is 13.8 Å². The average molecular weight is 321 g/mol. The Hall–Kier alpha value is -1.89. The maximum Gasteiger partial charge on any atom is 0.315 e. The molecule has 120 valence electrons. The van der Waals surface area contributed by atoms with Crippen molar-refractivity contribution in [2.45, 2.75) is 53.2 Å². The van der Waals surface area contributed by atoms with Crippen LogP contribution < -0.4 is 10.6 Å². The van der Waals surface area contributed by atoms with E-state index >= 15 is 0 Å². The molecule has 1 atom stereocenters. The van der Waals surface area contributed by atoms with E-state index in [1.54, 1.807) is 17.5 Å². The fraction of sp³-hybridized carbons (Fsp3) is 0.533. The van der Waals surface area contributed by atoms with Crippen LogP contribution in [-0.2, 0) is 13.1 Å². The molecule has 2 N–H and O–H groups in total. The number of rotatable bonds is 6. The van der Waals surface area contributed by atoms with Crippen LogP contribution in [0.3, 0.4) is 0 Å². The van der Waals surface area contributed by atoms with E-state index in [2.05, 4.69) is 27.6 Å². The van der Waals surface area contributed by atoms with Crippen LogP contribution in [0.1, 0.15) is 48.3 Å². The molecule has 0 aliphatic rings. The summed E-state index contributed by atoms with van der Waals surface area (Å²) in [6, 6.07) is -0.217. The Labute approximate surface area is 135 Å². The summed E-state index contributed by atoms with van der Waals surface area (Å²) in [5, 5.41) is 13.2. The van der Waals surface area contributed by atoms with E-state index in [1.165, 1.54) is 0 Å². The second-order valence-electron chi connectivity index (χ2n) is 5.12. The Bertz CT molecular complexity index is 620. The third-order valence-corrected chi connectivity index (χ3v) is 4.61. The molecule has 0 unspecified atom stereocenters. The molecule has 0 saturated heterocycles. The maximum atomic E-state index is 12.1. The number of carbonyl (C=O) groups excluding carboxylic acids is 1. The zero-order valence-corrected chi connectivity index (χ0v) is 14.3. The molecule has 2 aromatic rings. The summed E-state index contributed by atoms with van der Waals surface area (Å²) < 4.78 is 1.95. The van der Waals surface area contributed by atoms with E-state index in [1.807, 2.05) is 30.8 Å². The number of aromatic nitrogens is 3. The van der Waals surface area contributed by atoms with Gasteiger partial charge in [0, 0.05) is 35.9 Å². The number of thiazole rings is 1. The third-order valence-electron chi connectivity index (χ3n) is 3.72. The molecule has 2 heterocycles. The minimum Gasteiger partial charge on any atom is -0.334 e. The van der Waals surface area contributed by atoms with Gasteiger partial charge in [-0.15, -0.1) is 11.3 Å². The molecule has 0 bridgehead atoms. The van der Waals surface area contributed by atoms with Crippen molar-refractivity contribution in [1.29, 1.82) is 0 Å². The van der Waals surface area contributed by atoms with Crippen LogP contribution in [0.15, 0.2) is 11.6 Å². The van der Waals surface area contributed by atoms with Gasteiger partial charge in [0.1, 0.15) is 5.01 Å². The predicted octanol–water partition coefficient (Wildman–Crippen LogP) is 2.93. The van der Waals surface area contributed by atoms with Crippen molar-refractivity contribution in [3.05, 3.63) is 33.5 Å². The minimum atomic E-state index is -0.176. The van der Waals surface area contributed by atoms with E-state index < -0.39 is 0 Å². The largest absolute Gasteiger partial charge is 0.334 e. The molecular formula is C15H23N5OS. The van der Waals surface area contributed by atoms with Crippen molar-refractivity contribution in [3.63, 3.8) is 0 Å². The van der Waals surface area contributed by atoms with Gasteiger partial charge in [-0.25, -0.2) is 9.78 Å². The minimum absolute atomic E-state index is 0.0411. The van der Waals surface area contributed by atoms with Gasteiger partial charge in [-0.05, 0) is 27.2 Å². The van der Waals surface area contributed by atoms with Crippen molar-refractivity contribution in [2.75, 3.05) is 0 Å². The highest BCUT2D eigenvalue weighted by atomic mass is 32.1. The molecule has 0 radical (unpaired) electrons. The number of nitrogens with one attached hydrogen (secondary N) is 2. The number of aryl methyl sites for hydroxylation is 2. The lowest BCUT2D eigenvalue weighted by atomic mass is 10.2. The first kappa shape index (κ1) is 16.5. The predicted molar refractivity (Wildman–Crippen MR) is 87.9 cm³/mol. The molecule has 0 fully saturated rings. The van der Waals surface area contributed by atoms with Gasteiger partial charge in [0.2, 0.25) is 0 Å². The van der Waals surface area contributed by atoms with Gasteiger partial charge in [-0.1, -0.05) is 6.92 Å². The second-order valence-corrected chi connectivity index (χ2v) is 6.05. The zero-order chi connectivity index (χ0) is 16.1. The van der Waals surface area contributed by atoms with Crippen LogP contribution in [0.25, 0.3) is 0 Å². The molecule has 6 nitrogen and oxygen atoms in total. The van der Waals surface area contributed by atoms with Gasteiger partial charge >= 0.3 is 6.03 Å². The Morgan fingerprint density at radius 1 is 1.41 bits per heavy atom. The van der Waals surface area contributed by atoms with Gasteiger partial charge in [0.15, 0.2) is 0 Å². The lowest BCUT2D eigenvalue weighted by Gasteiger charge is -2.15. The Balaban J connectivity index is 1.94. The van der Waals surface area contributed by atoms with Crippen molar-refractivity contribution >= 4 is 17.4 Å². The lowest BCUT2D eigenvalue weighted by Crippen LogP contribution is -2.37. The van der Waals surface area contributed by atoms with Crippen LogP contribution in [0.2, 0.25) is 0 Å². The fourth-order valence-electron chi connectivity index (χ4n) is 2.42. The molecule has 0 aliphatic heterocycles. The first-order valence-electron chi connectivity index (χ1n) is 7.53. The van der Waals surface area contributed by atoms with Crippen LogP contribution in [0.4, 0.5) is 4.79 Å². The van der Waals surface area contributed by atoms with E-state index in [-0.39, 0.29) is 12.1 Å². The molecular weight excluding hydrogens is 298 g/mol. The Kier molecular flexibility index (Phi) is 5.54. The summed E-state index contributed by atoms with van der Waals surface area (Å²) in [5.41, 5.74) is 3.15. The second kappa shape index (κ2) is 7.40. The first-order valence-corrected chi connectivity index (χ1v) is 8.41. The van der Waals surface area contributed by atoms with E-state index in [0.717, 1.165) is 34.9 Å². The molecule has 0 aliphatic carbocycles. The standard InChI is InChI=1S/C15H23N5OS/c1-5-13(14-16-7-8-22-14)18-15(21)17-9-12-10(3)19-20(6-2)11(12)4/h7-8,13H,5-6,9H2,1-4H3,(H2,17,18,21)/t13-/m1/s1. The summed E-state index contributed by atoms with van der Waals surface area (Å²) in [4.78, 5) is 16.4. The van der Waals surface area contributed by atoms with Gasteiger partial charge in [0.25, 0.3) is 0 Å². The smallest absolute Gasteiger partial charge is 0.315 e. The van der Waals surface area contributed by atoms with Crippen LogP contribution in [0.5, 0.6) is 0 Å². The van der Waals surface area contributed by atoms with Gasteiger partial charge in [0.05, 0.1) is 11.7 Å². The molecule has 2 amide bonds. The topological polar surface area (TPSA) is 71.8 Å². The van der Waals surface area contributed by atoms with Gasteiger partial charge in [-0.2, -0.15) is 5.10 Å². The Morgan fingerprint density at radius 3 is 2.73 bits per heavy atom. The summed E-state index contributed by atoms with van der Waals surface area (Å²) in [6.07, 6.45) is 2.57. The molecule has 2 aromatic heterocycles. The number of urea groups is 1. The van der Waals surface area contributed by atoms with E-state index in [9.17, 15) is 4.79 Å². The SMILES string of the molecule is CC[C@@H](NC(=O)NCc1c(C)nn(CC)c1C)c1nccs1. The molecule has 22 heavy (non-hydrogen) atoms. The quantitative estimate of drug-likeness (QED) is 0.859. The zero-order valence-electron chi connectivity index (χ0n) is 13.5. The van der Waals surface area contributed by atoms with E-state index in [0.29, 0.717) is 6.54 Å². The summed E-state index contributed by atoms with van der Waals surface area (Å²) >= 11 is 1.56. The first-order chi connectivity index (χ1) is 10.6. The summed E-state index contributed by atoms with van der Waals surface area (Å²) in [5.74, 6) is 0. The molecule has 7 heteroatoms. The average Bonchev–Trinajstić information content (AvgIpc) is 3.12. The summed E-state index contributed by atoms with van der Waals surface area (Å²) in [6.45, 7) is 9.41. The molecule has 0 aromatic carbocycles. The van der Waals surface area contributed by atoms with Gasteiger partial charge in [-0.3, -0.25) is 4.68 Å². The molecule has 2 rings (SSSR count). The highest BCUT2D eigenvalue weighted by molar-refractivity contribution is 7.09. The van der Waals surface area contributed by atoms with Crippen molar-refractivity contribution in [1.82, 2.24) is 25.4 Å². The van der Waals surface area contributed by atoms with Crippen molar-refractivity contribution in [2.24, 2.45) is 0 Å². The number of hydrogen-bond donors (Lipinski definition) is 2. The highest BCUT2D eigenvalue weighted by Gasteiger charge is 2.16. The summed E-state index contributed by atoms with van der Waals surface area (Å²) in [7, 11) is 0. The number of nitrogens with zero attached hydrogens (tertiary/aromatic N) is 3. The maximum absolute atomic E-state index is 12.1.